The third kappa shape index (κ3) is 4.72. The van der Waals surface area contributed by atoms with Crippen molar-refractivity contribution >= 4 is 21.6 Å². The van der Waals surface area contributed by atoms with Gasteiger partial charge in [-0.05, 0) is 60.9 Å². The van der Waals surface area contributed by atoms with E-state index in [4.69, 9.17) is 4.74 Å². The lowest BCUT2D eigenvalue weighted by atomic mass is 10.1. The third-order valence-electron chi connectivity index (χ3n) is 4.86. The summed E-state index contributed by atoms with van der Waals surface area (Å²) in [5.74, 6) is 0.142. The molecule has 0 bridgehead atoms. The van der Waals surface area contributed by atoms with Gasteiger partial charge in [0.2, 0.25) is 15.9 Å². The monoisotopic (exact) mass is 425 g/mol. The van der Waals surface area contributed by atoms with Crippen molar-refractivity contribution < 1.29 is 17.9 Å². The number of hydrogen-bond acceptors (Lipinski definition) is 4. The van der Waals surface area contributed by atoms with Crippen LogP contribution in [0.4, 0.5) is 5.69 Å². The average Bonchev–Trinajstić information content (AvgIpc) is 3.35. The SMILES string of the molecule is COc1ccc(S(=O)(=O)NC2CC2)cc1NC(=O)Cc1ccc(-n2cccc2)cc1. The molecule has 0 unspecified atom stereocenters. The van der Waals surface area contributed by atoms with E-state index in [1.807, 2.05) is 53.4 Å². The number of methoxy groups -OCH3 is 1. The number of nitrogens with zero attached hydrogens (tertiary/aromatic N) is 1. The quantitative estimate of drug-likeness (QED) is 0.580. The normalized spacial score (nSPS) is 13.8. The van der Waals surface area contributed by atoms with Gasteiger partial charge in [0.25, 0.3) is 0 Å². The fourth-order valence-electron chi connectivity index (χ4n) is 3.11. The first kappa shape index (κ1) is 20.2. The van der Waals surface area contributed by atoms with Crippen molar-refractivity contribution in [2.45, 2.75) is 30.2 Å². The lowest BCUT2D eigenvalue weighted by molar-refractivity contribution is -0.115. The summed E-state index contributed by atoms with van der Waals surface area (Å²) in [4.78, 5) is 12.7. The molecule has 30 heavy (non-hydrogen) atoms. The molecule has 1 amide bonds. The standard InChI is InChI=1S/C22H23N3O4S/c1-29-21-11-10-19(30(27,28)24-17-6-7-17)15-20(21)23-22(26)14-16-4-8-18(9-5-16)25-12-2-3-13-25/h2-5,8-13,15,17,24H,6-7,14H2,1H3,(H,23,26). The van der Waals surface area contributed by atoms with Gasteiger partial charge >= 0.3 is 0 Å². The van der Waals surface area contributed by atoms with Crippen LogP contribution >= 0.6 is 0 Å². The Morgan fingerprint density at radius 2 is 1.80 bits per heavy atom. The van der Waals surface area contributed by atoms with E-state index >= 15 is 0 Å². The van der Waals surface area contributed by atoms with Crippen LogP contribution in [-0.2, 0) is 21.2 Å². The van der Waals surface area contributed by atoms with Crippen molar-refractivity contribution in [1.82, 2.24) is 9.29 Å². The summed E-state index contributed by atoms with van der Waals surface area (Å²) in [7, 11) is -2.15. The number of rotatable bonds is 8. The van der Waals surface area contributed by atoms with Crippen LogP contribution < -0.4 is 14.8 Å². The number of nitrogens with one attached hydrogen (secondary N) is 2. The van der Waals surface area contributed by atoms with Crippen molar-refractivity contribution in [3.8, 4) is 11.4 Å². The van der Waals surface area contributed by atoms with E-state index in [1.165, 1.54) is 19.2 Å². The van der Waals surface area contributed by atoms with Gasteiger partial charge in [0.1, 0.15) is 5.75 Å². The summed E-state index contributed by atoms with van der Waals surface area (Å²) in [6, 6.07) is 16.0. The smallest absolute Gasteiger partial charge is 0.240 e. The molecule has 8 heteroatoms. The zero-order chi connectivity index (χ0) is 21.1. The Kier molecular flexibility index (Phi) is 5.61. The van der Waals surface area contributed by atoms with Gasteiger partial charge in [-0.15, -0.1) is 0 Å². The molecule has 0 spiro atoms. The van der Waals surface area contributed by atoms with Gasteiger partial charge in [-0.25, -0.2) is 13.1 Å². The Labute approximate surface area is 175 Å². The van der Waals surface area contributed by atoms with Gasteiger partial charge in [-0.3, -0.25) is 4.79 Å². The highest BCUT2D eigenvalue weighted by Gasteiger charge is 2.28. The Hall–Kier alpha value is -3.10. The lowest BCUT2D eigenvalue weighted by Gasteiger charge is -2.13. The Morgan fingerprint density at radius 1 is 1.10 bits per heavy atom. The molecular weight excluding hydrogens is 402 g/mol. The molecule has 0 atom stereocenters. The second-order valence-electron chi connectivity index (χ2n) is 7.24. The van der Waals surface area contributed by atoms with Crippen LogP contribution in [-0.4, -0.2) is 32.0 Å². The van der Waals surface area contributed by atoms with Crippen LogP contribution in [0.5, 0.6) is 5.75 Å². The van der Waals surface area contributed by atoms with Crippen molar-refractivity contribution in [2.75, 3.05) is 12.4 Å². The van der Waals surface area contributed by atoms with E-state index in [9.17, 15) is 13.2 Å². The second kappa shape index (κ2) is 8.33. The highest BCUT2D eigenvalue weighted by molar-refractivity contribution is 7.89. The number of ether oxygens (including phenoxy) is 1. The van der Waals surface area contributed by atoms with Crippen molar-refractivity contribution in [3.05, 3.63) is 72.6 Å². The van der Waals surface area contributed by atoms with Gasteiger partial charge in [0.15, 0.2) is 0 Å². The molecule has 0 radical (unpaired) electrons. The van der Waals surface area contributed by atoms with E-state index in [0.717, 1.165) is 24.1 Å². The fraction of sp³-hybridized carbons (Fsp3) is 0.227. The van der Waals surface area contributed by atoms with Crippen LogP contribution in [0.15, 0.2) is 71.9 Å². The highest BCUT2D eigenvalue weighted by atomic mass is 32.2. The minimum absolute atomic E-state index is 0.00431. The zero-order valence-electron chi connectivity index (χ0n) is 16.5. The van der Waals surface area contributed by atoms with Gasteiger partial charge in [0, 0.05) is 24.1 Å². The van der Waals surface area contributed by atoms with Crippen LogP contribution in [0.25, 0.3) is 5.69 Å². The number of anilines is 1. The number of aromatic nitrogens is 1. The number of hydrogen-bond donors (Lipinski definition) is 2. The van der Waals surface area contributed by atoms with E-state index in [2.05, 4.69) is 10.0 Å². The van der Waals surface area contributed by atoms with Gasteiger partial charge < -0.3 is 14.6 Å². The number of benzene rings is 2. The Balaban J connectivity index is 1.47. The number of carbonyl (C=O) groups excluding carboxylic acids is 1. The van der Waals surface area contributed by atoms with Gasteiger partial charge in [-0.1, -0.05) is 12.1 Å². The van der Waals surface area contributed by atoms with Crippen molar-refractivity contribution in [2.24, 2.45) is 0 Å². The summed E-state index contributed by atoms with van der Waals surface area (Å²) in [6.07, 6.45) is 5.76. The second-order valence-corrected chi connectivity index (χ2v) is 8.95. The molecule has 1 heterocycles. The molecule has 1 fully saturated rings. The molecule has 0 aliphatic heterocycles. The first-order valence-corrected chi connectivity index (χ1v) is 11.2. The molecule has 2 aromatic carbocycles. The maximum absolute atomic E-state index is 12.6. The molecular formula is C22H23N3O4S. The number of sulfonamides is 1. The zero-order valence-corrected chi connectivity index (χ0v) is 17.4. The van der Waals surface area contributed by atoms with Crippen LogP contribution in [0.2, 0.25) is 0 Å². The number of carbonyl (C=O) groups is 1. The minimum atomic E-state index is -3.62. The number of amides is 1. The summed E-state index contributed by atoms with van der Waals surface area (Å²) < 4.78 is 34.9. The van der Waals surface area contributed by atoms with Crippen molar-refractivity contribution in [1.29, 1.82) is 0 Å². The molecule has 4 rings (SSSR count). The molecule has 2 N–H and O–H groups in total. The summed E-state index contributed by atoms with van der Waals surface area (Å²) in [5.41, 5.74) is 2.18. The van der Waals surface area contributed by atoms with Crippen LogP contribution in [0.3, 0.4) is 0 Å². The Bertz CT molecular complexity index is 1140. The molecule has 156 valence electrons. The van der Waals surface area contributed by atoms with E-state index in [0.29, 0.717) is 11.4 Å². The van der Waals surface area contributed by atoms with Gasteiger partial charge in [0.05, 0.1) is 24.1 Å². The first-order chi connectivity index (χ1) is 14.4. The molecule has 1 aliphatic carbocycles. The Morgan fingerprint density at radius 3 is 2.43 bits per heavy atom. The minimum Gasteiger partial charge on any atom is -0.495 e. The maximum Gasteiger partial charge on any atom is 0.240 e. The summed E-state index contributed by atoms with van der Waals surface area (Å²) >= 11 is 0. The first-order valence-electron chi connectivity index (χ1n) is 9.67. The topological polar surface area (TPSA) is 89.4 Å². The van der Waals surface area contributed by atoms with E-state index in [-0.39, 0.29) is 23.3 Å². The lowest BCUT2D eigenvalue weighted by Crippen LogP contribution is -2.26. The summed E-state index contributed by atoms with van der Waals surface area (Å²) in [6.45, 7) is 0. The van der Waals surface area contributed by atoms with Crippen LogP contribution in [0.1, 0.15) is 18.4 Å². The molecule has 1 aromatic heterocycles. The molecule has 1 saturated carbocycles. The predicted molar refractivity (Wildman–Crippen MR) is 114 cm³/mol. The highest BCUT2D eigenvalue weighted by Crippen LogP contribution is 2.29. The molecule has 7 nitrogen and oxygen atoms in total. The predicted octanol–water partition coefficient (Wildman–Crippen LogP) is 3.11. The third-order valence-corrected chi connectivity index (χ3v) is 6.38. The molecule has 0 saturated heterocycles. The summed E-state index contributed by atoms with van der Waals surface area (Å²) in [5, 5.41) is 2.77. The maximum atomic E-state index is 12.6. The molecule has 1 aliphatic rings. The molecule has 3 aromatic rings. The van der Waals surface area contributed by atoms with Crippen molar-refractivity contribution in [3.63, 3.8) is 0 Å². The average molecular weight is 426 g/mol. The van der Waals surface area contributed by atoms with Crippen LogP contribution in [0, 0.1) is 0 Å². The van der Waals surface area contributed by atoms with E-state index in [1.54, 1.807) is 6.07 Å². The van der Waals surface area contributed by atoms with Gasteiger partial charge in [-0.2, -0.15) is 0 Å². The van der Waals surface area contributed by atoms with E-state index < -0.39 is 10.0 Å². The fourth-order valence-corrected chi connectivity index (χ4v) is 4.44. The largest absolute Gasteiger partial charge is 0.495 e.